The third-order valence-electron chi connectivity index (χ3n) is 3.78. The fraction of sp³-hybridized carbons (Fsp3) is 0.500. The molecule has 1 amide bonds. The van der Waals surface area contributed by atoms with Gasteiger partial charge in [0.05, 0.1) is 0 Å². The Morgan fingerprint density at radius 1 is 1.29 bits per heavy atom. The van der Waals surface area contributed by atoms with Gasteiger partial charge in [0, 0.05) is 12.0 Å². The Labute approximate surface area is 127 Å². The number of allylic oxidation sites excluding steroid dienone is 2. The predicted molar refractivity (Wildman–Crippen MR) is 85.5 cm³/mol. The lowest BCUT2D eigenvalue weighted by Gasteiger charge is -2.31. The molecule has 0 fully saturated rings. The zero-order valence-electron chi connectivity index (χ0n) is 13.4. The lowest BCUT2D eigenvalue weighted by Crippen LogP contribution is -2.41. The van der Waals surface area contributed by atoms with Crippen LogP contribution in [0.15, 0.2) is 36.4 Å². The molecule has 1 N–H and O–H groups in total. The summed E-state index contributed by atoms with van der Waals surface area (Å²) in [7, 11) is 0. The lowest BCUT2D eigenvalue weighted by atomic mass is 9.77. The molecule has 0 heterocycles. The first kappa shape index (κ1) is 15.6. The van der Waals surface area contributed by atoms with E-state index < -0.39 is 5.60 Å². The number of amides is 1. The van der Waals surface area contributed by atoms with Crippen LogP contribution in [0.1, 0.15) is 44.7 Å². The van der Waals surface area contributed by atoms with Crippen molar-refractivity contribution in [3.63, 3.8) is 0 Å². The van der Waals surface area contributed by atoms with Crippen LogP contribution in [0.2, 0.25) is 0 Å². The van der Waals surface area contributed by atoms with Gasteiger partial charge in [0.25, 0.3) is 0 Å². The number of rotatable bonds is 3. The summed E-state index contributed by atoms with van der Waals surface area (Å²) in [6, 6.07) is 8.54. The van der Waals surface area contributed by atoms with Crippen LogP contribution in [-0.4, -0.2) is 18.2 Å². The molecule has 0 saturated carbocycles. The maximum atomic E-state index is 11.9. The number of aryl methyl sites for hydroxylation is 1. The highest BCUT2D eigenvalue weighted by molar-refractivity contribution is 5.68. The average Bonchev–Trinajstić information content (AvgIpc) is 2.84. The van der Waals surface area contributed by atoms with Gasteiger partial charge in [-0.05, 0) is 46.1 Å². The van der Waals surface area contributed by atoms with Crippen LogP contribution in [0.25, 0.3) is 0 Å². The summed E-state index contributed by atoms with van der Waals surface area (Å²) in [6.07, 6.45) is 5.94. The molecule has 1 aliphatic carbocycles. The van der Waals surface area contributed by atoms with Gasteiger partial charge in [-0.3, -0.25) is 0 Å². The Hall–Kier alpha value is -1.77. The zero-order valence-corrected chi connectivity index (χ0v) is 13.4. The Morgan fingerprint density at radius 3 is 2.52 bits per heavy atom. The van der Waals surface area contributed by atoms with Gasteiger partial charge in [0.15, 0.2) is 0 Å². The Morgan fingerprint density at radius 2 is 1.95 bits per heavy atom. The molecule has 0 aromatic heterocycles. The Balaban J connectivity index is 2.08. The Bertz CT molecular complexity index is 532. The smallest absolute Gasteiger partial charge is 0.407 e. The van der Waals surface area contributed by atoms with Gasteiger partial charge in [-0.1, -0.05) is 42.0 Å². The molecule has 2 rings (SSSR count). The molecule has 0 unspecified atom stereocenters. The number of carbonyl (C=O) groups is 1. The minimum absolute atomic E-state index is 0.0388. The van der Waals surface area contributed by atoms with Crippen molar-refractivity contribution in [3.05, 3.63) is 47.5 Å². The molecule has 3 nitrogen and oxygen atoms in total. The van der Waals surface area contributed by atoms with E-state index in [-0.39, 0.29) is 11.5 Å². The molecule has 3 heteroatoms. The largest absolute Gasteiger partial charge is 0.444 e. The van der Waals surface area contributed by atoms with Crippen molar-refractivity contribution >= 4 is 6.09 Å². The second kappa shape index (κ2) is 5.92. The van der Waals surface area contributed by atoms with E-state index in [2.05, 4.69) is 48.7 Å². The van der Waals surface area contributed by atoms with Crippen molar-refractivity contribution in [2.45, 2.75) is 51.6 Å². The van der Waals surface area contributed by atoms with E-state index in [0.717, 1.165) is 12.8 Å². The van der Waals surface area contributed by atoms with Crippen molar-refractivity contribution in [2.24, 2.45) is 0 Å². The number of carbonyl (C=O) groups excluding carboxylic acids is 1. The van der Waals surface area contributed by atoms with Crippen LogP contribution < -0.4 is 5.32 Å². The van der Waals surface area contributed by atoms with Crippen molar-refractivity contribution in [2.75, 3.05) is 6.54 Å². The monoisotopic (exact) mass is 287 g/mol. The summed E-state index contributed by atoms with van der Waals surface area (Å²) < 4.78 is 5.33. The molecule has 0 atom stereocenters. The number of hydrogen-bond acceptors (Lipinski definition) is 2. The van der Waals surface area contributed by atoms with Gasteiger partial charge >= 0.3 is 6.09 Å². The van der Waals surface area contributed by atoms with Gasteiger partial charge < -0.3 is 10.1 Å². The summed E-state index contributed by atoms with van der Waals surface area (Å²) >= 11 is 0. The third-order valence-corrected chi connectivity index (χ3v) is 3.78. The molecule has 1 aromatic carbocycles. The molecule has 0 bridgehead atoms. The van der Waals surface area contributed by atoms with Crippen LogP contribution in [0.5, 0.6) is 0 Å². The van der Waals surface area contributed by atoms with Crippen LogP contribution in [0.3, 0.4) is 0 Å². The van der Waals surface area contributed by atoms with Crippen molar-refractivity contribution < 1.29 is 9.53 Å². The maximum Gasteiger partial charge on any atom is 0.407 e. The third kappa shape index (κ3) is 4.10. The number of benzene rings is 1. The molecule has 21 heavy (non-hydrogen) atoms. The summed E-state index contributed by atoms with van der Waals surface area (Å²) in [5.74, 6) is 0. The first-order chi connectivity index (χ1) is 9.81. The summed E-state index contributed by atoms with van der Waals surface area (Å²) in [6.45, 7) is 8.32. The van der Waals surface area contributed by atoms with Gasteiger partial charge in [0.2, 0.25) is 0 Å². The molecular formula is C18H25NO2. The van der Waals surface area contributed by atoms with E-state index >= 15 is 0 Å². The molecule has 114 valence electrons. The molecule has 0 spiro atoms. The zero-order chi connectivity index (χ0) is 15.5. The number of hydrogen-bond donors (Lipinski definition) is 1. The topological polar surface area (TPSA) is 38.3 Å². The number of nitrogens with one attached hydrogen (secondary N) is 1. The van der Waals surface area contributed by atoms with E-state index in [1.807, 2.05) is 20.8 Å². The quantitative estimate of drug-likeness (QED) is 0.850. The highest BCUT2D eigenvalue weighted by Gasteiger charge is 2.34. The van der Waals surface area contributed by atoms with E-state index in [1.165, 1.54) is 11.1 Å². The van der Waals surface area contributed by atoms with E-state index in [1.54, 1.807) is 0 Å². The summed E-state index contributed by atoms with van der Waals surface area (Å²) in [5, 5.41) is 2.94. The number of ether oxygens (including phenoxy) is 1. The predicted octanol–water partition coefficient (Wildman–Crippen LogP) is 4.11. The van der Waals surface area contributed by atoms with Gasteiger partial charge in [0.1, 0.15) is 5.60 Å². The van der Waals surface area contributed by atoms with Crippen molar-refractivity contribution in [3.8, 4) is 0 Å². The fourth-order valence-corrected chi connectivity index (χ4v) is 2.71. The normalized spacial score (nSPS) is 16.8. The second-order valence-corrected chi connectivity index (χ2v) is 6.88. The molecule has 0 saturated heterocycles. The first-order valence-electron chi connectivity index (χ1n) is 7.50. The number of alkyl carbamates (subject to hydrolysis) is 1. The standard InChI is InChI=1S/C18H25NO2/c1-14-8-7-9-15(12-14)18(10-5-6-11-18)13-19-16(20)21-17(2,3)4/h5-9,12H,10-11,13H2,1-4H3,(H,19,20). The van der Waals surface area contributed by atoms with Crippen LogP contribution >= 0.6 is 0 Å². The van der Waals surface area contributed by atoms with Gasteiger partial charge in [-0.25, -0.2) is 4.79 Å². The van der Waals surface area contributed by atoms with E-state index in [0.29, 0.717) is 6.54 Å². The van der Waals surface area contributed by atoms with Crippen LogP contribution in [0.4, 0.5) is 4.79 Å². The highest BCUT2D eigenvalue weighted by atomic mass is 16.6. The SMILES string of the molecule is Cc1cccc(C2(CNC(=O)OC(C)(C)C)CC=CC2)c1. The summed E-state index contributed by atoms with van der Waals surface area (Å²) in [4.78, 5) is 11.9. The van der Waals surface area contributed by atoms with Crippen LogP contribution in [-0.2, 0) is 10.2 Å². The fourth-order valence-electron chi connectivity index (χ4n) is 2.71. The summed E-state index contributed by atoms with van der Waals surface area (Å²) in [5.41, 5.74) is 2.02. The minimum Gasteiger partial charge on any atom is -0.444 e. The Kier molecular flexibility index (Phi) is 4.40. The van der Waals surface area contributed by atoms with Crippen LogP contribution in [0, 0.1) is 6.92 Å². The van der Waals surface area contributed by atoms with Crippen molar-refractivity contribution in [1.82, 2.24) is 5.32 Å². The molecule has 0 aliphatic heterocycles. The van der Waals surface area contributed by atoms with Gasteiger partial charge in [-0.2, -0.15) is 0 Å². The minimum atomic E-state index is -0.464. The average molecular weight is 287 g/mol. The molecule has 0 radical (unpaired) electrons. The lowest BCUT2D eigenvalue weighted by molar-refractivity contribution is 0.0515. The first-order valence-corrected chi connectivity index (χ1v) is 7.50. The van der Waals surface area contributed by atoms with E-state index in [4.69, 9.17) is 4.74 Å². The van der Waals surface area contributed by atoms with E-state index in [9.17, 15) is 4.79 Å². The van der Waals surface area contributed by atoms with Crippen molar-refractivity contribution in [1.29, 1.82) is 0 Å². The molecule has 1 aromatic rings. The molecular weight excluding hydrogens is 262 g/mol. The molecule has 1 aliphatic rings. The second-order valence-electron chi connectivity index (χ2n) is 6.88. The highest BCUT2D eigenvalue weighted by Crippen LogP contribution is 2.37. The van der Waals surface area contributed by atoms with Gasteiger partial charge in [-0.15, -0.1) is 0 Å². The maximum absolute atomic E-state index is 11.9.